The average molecular weight is 778 g/mol. The fourth-order valence-electron chi connectivity index (χ4n) is 4.62. The van der Waals surface area contributed by atoms with Gasteiger partial charge < -0.3 is 25.2 Å². The van der Waals surface area contributed by atoms with Gasteiger partial charge in [0.2, 0.25) is 0 Å². The molecular formula is C42H68NO10P. The summed E-state index contributed by atoms with van der Waals surface area (Å²) < 4.78 is 32.5. The van der Waals surface area contributed by atoms with Gasteiger partial charge in [0.25, 0.3) is 0 Å². The molecule has 0 saturated heterocycles. The van der Waals surface area contributed by atoms with Crippen LogP contribution in [0, 0.1) is 0 Å². The molecule has 4 N–H and O–H groups in total. The Morgan fingerprint density at radius 3 is 1.78 bits per heavy atom. The molecule has 0 amide bonds. The third kappa shape index (κ3) is 35.7. The highest BCUT2D eigenvalue weighted by Crippen LogP contribution is 2.43. The summed E-state index contributed by atoms with van der Waals surface area (Å²) in [5.41, 5.74) is 5.31. The number of carbonyl (C=O) groups excluding carboxylic acids is 2. The monoisotopic (exact) mass is 777 g/mol. The summed E-state index contributed by atoms with van der Waals surface area (Å²) in [6.45, 7) is 2.52. The Kier molecular flexibility index (Phi) is 34.4. The fraction of sp³-hybridized carbons (Fsp3) is 0.595. The summed E-state index contributed by atoms with van der Waals surface area (Å²) in [5, 5.41) is 8.86. The molecular weight excluding hydrogens is 709 g/mol. The summed E-state index contributed by atoms with van der Waals surface area (Å²) in [6.07, 6.45) is 43.8. The molecule has 0 aromatic rings. The number of carboxylic acids is 1. The molecule has 2 unspecified atom stereocenters. The van der Waals surface area contributed by atoms with Crippen molar-refractivity contribution >= 4 is 25.7 Å². The first-order valence-electron chi connectivity index (χ1n) is 19.7. The lowest BCUT2D eigenvalue weighted by Gasteiger charge is -2.20. The lowest BCUT2D eigenvalue weighted by molar-refractivity contribution is -0.161. The first kappa shape index (κ1) is 50.7. The van der Waals surface area contributed by atoms with E-state index in [4.69, 9.17) is 24.8 Å². The van der Waals surface area contributed by atoms with Crippen LogP contribution in [0.2, 0.25) is 0 Å². The van der Waals surface area contributed by atoms with Crippen molar-refractivity contribution in [1.82, 2.24) is 0 Å². The molecule has 12 heteroatoms. The second-order valence-electron chi connectivity index (χ2n) is 12.8. The Bertz CT molecular complexity index is 1240. The first-order chi connectivity index (χ1) is 26.1. The second kappa shape index (κ2) is 36.6. The Hall–Kier alpha value is -3.34. The maximum absolute atomic E-state index is 12.5. The van der Waals surface area contributed by atoms with E-state index in [2.05, 4.69) is 60.9 Å². The van der Waals surface area contributed by atoms with E-state index >= 15 is 0 Å². The largest absolute Gasteiger partial charge is 0.480 e. The molecule has 0 aliphatic carbocycles. The topological polar surface area (TPSA) is 172 Å². The van der Waals surface area contributed by atoms with Gasteiger partial charge >= 0.3 is 25.7 Å². The SMILES string of the molecule is CC/C=C/C=C/C=C/C=C/CCCCCC(=O)OC(COC(=O)CCC/C=C/C/C=C/C/C=C/CCCCCCCC)COP(=O)(O)OC[C@H](N)C(=O)O. The summed E-state index contributed by atoms with van der Waals surface area (Å²) >= 11 is 0. The summed E-state index contributed by atoms with van der Waals surface area (Å²) in [5.74, 6) is -2.51. The Labute approximate surface area is 324 Å². The van der Waals surface area contributed by atoms with Gasteiger partial charge in [-0.2, -0.15) is 0 Å². The maximum atomic E-state index is 12.5. The highest BCUT2D eigenvalue weighted by atomic mass is 31.2. The van der Waals surface area contributed by atoms with E-state index in [1.807, 2.05) is 42.5 Å². The zero-order valence-corrected chi connectivity index (χ0v) is 33.7. The van der Waals surface area contributed by atoms with Crippen molar-refractivity contribution in [3.8, 4) is 0 Å². The number of esters is 2. The number of allylic oxidation sites excluding steroid dienone is 14. The summed E-state index contributed by atoms with van der Waals surface area (Å²) in [6, 6.07) is -1.54. The van der Waals surface area contributed by atoms with Crippen molar-refractivity contribution in [1.29, 1.82) is 0 Å². The highest BCUT2D eigenvalue weighted by Gasteiger charge is 2.28. The van der Waals surface area contributed by atoms with Gasteiger partial charge in [0, 0.05) is 12.8 Å². The lowest BCUT2D eigenvalue weighted by Crippen LogP contribution is -2.34. The van der Waals surface area contributed by atoms with Crippen molar-refractivity contribution in [2.45, 2.75) is 142 Å². The fourth-order valence-corrected chi connectivity index (χ4v) is 5.40. The van der Waals surface area contributed by atoms with Crippen molar-refractivity contribution in [2.75, 3.05) is 19.8 Å². The van der Waals surface area contributed by atoms with E-state index in [1.165, 1.54) is 38.5 Å². The molecule has 0 aromatic carbocycles. The Morgan fingerprint density at radius 2 is 1.13 bits per heavy atom. The molecule has 0 bridgehead atoms. The molecule has 0 saturated carbocycles. The van der Waals surface area contributed by atoms with Gasteiger partial charge in [-0.1, -0.05) is 137 Å². The molecule has 0 aliphatic heterocycles. The Morgan fingerprint density at radius 1 is 0.611 bits per heavy atom. The molecule has 0 aliphatic rings. The van der Waals surface area contributed by atoms with Crippen molar-refractivity contribution in [3.05, 3.63) is 85.1 Å². The van der Waals surface area contributed by atoms with E-state index in [0.29, 0.717) is 19.3 Å². The minimum absolute atomic E-state index is 0.0996. The number of carboxylic acid groups (broad SMARTS) is 1. The number of carbonyl (C=O) groups is 3. The van der Waals surface area contributed by atoms with E-state index < -0.39 is 57.7 Å². The number of rotatable bonds is 35. The van der Waals surface area contributed by atoms with Crippen molar-refractivity contribution in [3.63, 3.8) is 0 Å². The minimum Gasteiger partial charge on any atom is -0.480 e. The number of ether oxygens (including phenoxy) is 2. The summed E-state index contributed by atoms with van der Waals surface area (Å²) in [4.78, 5) is 45.8. The third-order valence-corrected chi connectivity index (χ3v) is 8.67. The zero-order chi connectivity index (χ0) is 40.0. The minimum atomic E-state index is -4.74. The van der Waals surface area contributed by atoms with Crippen LogP contribution in [0.25, 0.3) is 0 Å². The van der Waals surface area contributed by atoms with Crippen molar-refractivity contribution < 1.29 is 47.5 Å². The lowest BCUT2D eigenvalue weighted by atomic mass is 10.1. The van der Waals surface area contributed by atoms with Crippen LogP contribution in [0.1, 0.15) is 129 Å². The number of hydrogen-bond acceptors (Lipinski definition) is 9. The Balaban J connectivity index is 4.58. The van der Waals surface area contributed by atoms with Gasteiger partial charge in [-0.05, 0) is 64.2 Å². The van der Waals surface area contributed by atoms with E-state index in [0.717, 1.165) is 44.9 Å². The second-order valence-corrected chi connectivity index (χ2v) is 14.2. The van der Waals surface area contributed by atoms with Crippen LogP contribution >= 0.6 is 7.82 Å². The van der Waals surface area contributed by atoms with Crippen LogP contribution < -0.4 is 5.73 Å². The highest BCUT2D eigenvalue weighted by molar-refractivity contribution is 7.47. The van der Waals surface area contributed by atoms with Crippen LogP contribution in [0.15, 0.2) is 85.1 Å². The van der Waals surface area contributed by atoms with Crippen LogP contribution in [-0.2, 0) is 37.5 Å². The predicted octanol–water partition coefficient (Wildman–Crippen LogP) is 9.94. The molecule has 0 spiro atoms. The van der Waals surface area contributed by atoms with E-state index in [1.54, 1.807) is 0 Å². The molecule has 0 aromatic heterocycles. The predicted molar refractivity (Wildman–Crippen MR) is 217 cm³/mol. The normalized spacial score (nSPS) is 14.7. The quantitative estimate of drug-likeness (QED) is 0.0184. The number of hydrogen-bond donors (Lipinski definition) is 3. The number of aliphatic carboxylic acids is 1. The maximum Gasteiger partial charge on any atom is 0.472 e. The number of phosphoric ester groups is 1. The van der Waals surface area contributed by atoms with Crippen molar-refractivity contribution in [2.24, 2.45) is 5.73 Å². The van der Waals surface area contributed by atoms with Crippen LogP contribution in [0.5, 0.6) is 0 Å². The number of phosphoric acid groups is 1. The molecule has 0 heterocycles. The van der Waals surface area contributed by atoms with Gasteiger partial charge in [-0.3, -0.25) is 23.4 Å². The standard InChI is InChI=1S/C42H68NO10P/c1-3-5-7-9-11-13-15-17-18-19-20-22-23-25-27-29-31-33-40(44)50-35-38(36-51-54(48,49)52-37-39(43)42(46)47)53-41(45)34-32-30-28-26-24-21-16-14-12-10-8-6-4-2/h6,8,10,12,14,16-18,20-22,24-25,27,38-39H,3-5,7,9,11,13,15,19,23,26,28-37,43H2,1-2H3,(H,46,47)(H,48,49)/b8-6+,12-10+,16-14+,18-17+,22-20+,24-21+,27-25+/t38?,39-/m0/s1. The van der Waals surface area contributed by atoms with Crippen LogP contribution in [0.4, 0.5) is 0 Å². The van der Waals surface area contributed by atoms with E-state index in [9.17, 15) is 23.8 Å². The number of nitrogens with two attached hydrogens (primary N) is 1. The molecule has 0 radical (unpaired) electrons. The number of unbranched alkanes of at least 4 members (excludes halogenated alkanes) is 10. The molecule has 0 fully saturated rings. The van der Waals surface area contributed by atoms with Gasteiger partial charge in [-0.15, -0.1) is 0 Å². The van der Waals surface area contributed by atoms with Crippen LogP contribution in [-0.4, -0.2) is 59.9 Å². The van der Waals surface area contributed by atoms with Gasteiger partial charge in [0.1, 0.15) is 12.6 Å². The zero-order valence-electron chi connectivity index (χ0n) is 32.8. The van der Waals surface area contributed by atoms with Crippen LogP contribution in [0.3, 0.4) is 0 Å². The smallest absolute Gasteiger partial charge is 0.472 e. The van der Waals surface area contributed by atoms with Gasteiger partial charge in [-0.25, -0.2) is 4.57 Å². The molecule has 306 valence electrons. The molecule has 54 heavy (non-hydrogen) atoms. The van der Waals surface area contributed by atoms with Gasteiger partial charge in [0.15, 0.2) is 6.10 Å². The van der Waals surface area contributed by atoms with E-state index in [-0.39, 0.29) is 12.8 Å². The average Bonchev–Trinajstić information content (AvgIpc) is 3.14. The first-order valence-corrected chi connectivity index (χ1v) is 21.2. The molecule has 11 nitrogen and oxygen atoms in total. The summed E-state index contributed by atoms with van der Waals surface area (Å²) in [7, 11) is -4.74. The van der Waals surface area contributed by atoms with Gasteiger partial charge in [0.05, 0.1) is 13.2 Å². The molecule has 3 atom stereocenters. The third-order valence-electron chi connectivity index (χ3n) is 7.72. The molecule has 0 rings (SSSR count).